The number of ether oxygens (including phenoxy) is 1. The number of amides is 2. The van der Waals surface area contributed by atoms with Gasteiger partial charge in [-0.05, 0) is 23.3 Å². The minimum Gasteiger partial charge on any atom is -0.379 e. The maximum Gasteiger partial charge on any atom is 0.313 e. The molecule has 1 fully saturated rings. The van der Waals surface area contributed by atoms with Crippen LogP contribution < -0.4 is 10.6 Å². The summed E-state index contributed by atoms with van der Waals surface area (Å²) in [5.41, 5.74) is 2.41. The Hall–Kier alpha value is -3.63. The highest BCUT2D eigenvalue weighted by Gasteiger charge is 2.24. The van der Waals surface area contributed by atoms with Gasteiger partial charge in [-0.3, -0.25) is 29.1 Å². The molecule has 4 rings (SSSR count). The Morgan fingerprint density at radius 1 is 1.03 bits per heavy atom. The second-order valence-electron chi connectivity index (χ2n) is 7.40. The van der Waals surface area contributed by atoms with E-state index in [1.807, 2.05) is 24.3 Å². The topological polar surface area (TPSA) is 114 Å². The molecule has 0 bridgehead atoms. The van der Waals surface area contributed by atoms with Crippen molar-refractivity contribution in [2.24, 2.45) is 0 Å². The fourth-order valence-corrected chi connectivity index (χ4v) is 3.57. The molecule has 3 aromatic rings. The van der Waals surface area contributed by atoms with E-state index in [9.17, 15) is 9.59 Å². The molecule has 1 aliphatic rings. The summed E-state index contributed by atoms with van der Waals surface area (Å²) in [6.07, 6.45) is 10.1. The molecule has 1 saturated heterocycles. The molecule has 2 amide bonds. The van der Waals surface area contributed by atoms with Crippen LogP contribution in [-0.2, 0) is 20.9 Å². The molecule has 4 heterocycles. The van der Waals surface area contributed by atoms with Gasteiger partial charge < -0.3 is 15.4 Å². The van der Waals surface area contributed by atoms with E-state index in [1.54, 1.807) is 35.7 Å². The number of carbonyl (C=O) groups excluding carboxylic acids is 2. The first kappa shape index (κ1) is 21.6. The number of morpholine rings is 1. The van der Waals surface area contributed by atoms with Crippen molar-refractivity contribution in [2.75, 3.05) is 38.2 Å². The summed E-state index contributed by atoms with van der Waals surface area (Å²) in [5.74, 6) is -1.44. The molecule has 10 heteroatoms. The average Bonchev–Trinajstić information content (AvgIpc) is 3.27. The second kappa shape index (κ2) is 10.6. The van der Waals surface area contributed by atoms with E-state index < -0.39 is 11.8 Å². The molecule has 1 unspecified atom stereocenters. The molecule has 2 N–H and O–H groups in total. The smallest absolute Gasteiger partial charge is 0.313 e. The van der Waals surface area contributed by atoms with Crippen LogP contribution in [-0.4, -0.2) is 69.3 Å². The third kappa shape index (κ3) is 5.74. The van der Waals surface area contributed by atoms with Gasteiger partial charge in [-0.1, -0.05) is 12.1 Å². The number of nitrogens with zero attached hydrogens (tertiary/aromatic N) is 5. The summed E-state index contributed by atoms with van der Waals surface area (Å²) in [4.78, 5) is 35.3. The monoisotopic (exact) mass is 435 g/mol. The minimum atomic E-state index is -0.738. The van der Waals surface area contributed by atoms with Crippen LogP contribution in [0, 0.1) is 0 Å². The first-order valence-corrected chi connectivity index (χ1v) is 10.4. The standard InChI is InChI=1S/C22H25N7O3/c30-21(22(31)27-19-13-26-29(16-19)15-17-3-1-5-23-11-17)25-14-20(18-4-2-6-24-12-18)28-7-9-32-10-8-28/h1-6,11-13,16,20H,7-10,14-15H2,(H,25,30)(H,27,31). The van der Waals surface area contributed by atoms with Crippen LogP contribution in [0.2, 0.25) is 0 Å². The molecule has 1 atom stereocenters. The van der Waals surface area contributed by atoms with Gasteiger partial charge >= 0.3 is 11.8 Å². The van der Waals surface area contributed by atoms with Crippen molar-refractivity contribution in [3.05, 3.63) is 72.6 Å². The van der Waals surface area contributed by atoms with Crippen LogP contribution in [0.4, 0.5) is 5.69 Å². The van der Waals surface area contributed by atoms with Crippen molar-refractivity contribution in [2.45, 2.75) is 12.6 Å². The van der Waals surface area contributed by atoms with Gasteiger partial charge in [-0.2, -0.15) is 5.10 Å². The molecule has 10 nitrogen and oxygen atoms in total. The lowest BCUT2D eigenvalue weighted by Gasteiger charge is -2.34. The molecule has 0 aliphatic carbocycles. The number of nitrogens with one attached hydrogen (secondary N) is 2. The van der Waals surface area contributed by atoms with Gasteiger partial charge in [0.2, 0.25) is 0 Å². The predicted octanol–water partition coefficient (Wildman–Crippen LogP) is 0.850. The van der Waals surface area contributed by atoms with Crippen molar-refractivity contribution < 1.29 is 14.3 Å². The molecule has 32 heavy (non-hydrogen) atoms. The Morgan fingerprint density at radius 3 is 2.53 bits per heavy atom. The minimum absolute atomic E-state index is 0.0911. The molecular formula is C22H25N7O3. The third-order valence-electron chi connectivity index (χ3n) is 5.18. The van der Waals surface area contributed by atoms with E-state index in [0.29, 0.717) is 25.4 Å². The summed E-state index contributed by atoms with van der Waals surface area (Å²) in [6, 6.07) is 7.53. The average molecular weight is 435 g/mol. The van der Waals surface area contributed by atoms with Crippen LogP contribution in [0.3, 0.4) is 0 Å². The van der Waals surface area contributed by atoms with Gasteiger partial charge in [-0.25, -0.2) is 0 Å². The zero-order valence-corrected chi connectivity index (χ0v) is 17.6. The maximum absolute atomic E-state index is 12.4. The molecular weight excluding hydrogens is 410 g/mol. The van der Waals surface area contributed by atoms with E-state index in [4.69, 9.17) is 4.74 Å². The predicted molar refractivity (Wildman–Crippen MR) is 117 cm³/mol. The Balaban J connectivity index is 1.33. The lowest BCUT2D eigenvalue weighted by molar-refractivity contribution is -0.136. The van der Waals surface area contributed by atoms with E-state index in [2.05, 4.69) is 30.6 Å². The summed E-state index contributed by atoms with van der Waals surface area (Å²) in [5, 5.41) is 9.56. The number of rotatable bonds is 7. The van der Waals surface area contributed by atoms with Crippen LogP contribution in [0.15, 0.2) is 61.4 Å². The van der Waals surface area contributed by atoms with E-state index >= 15 is 0 Å². The van der Waals surface area contributed by atoms with Crippen molar-refractivity contribution >= 4 is 17.5 Å². The number of hydrogen-bond donors (Lipinski definition) is 2. The number of anilines is 1. The Labute approximate surface area is 185 Å². The van der Waals surface area contributed by atoms with Gasteiger partial charge in [0.05, 0.1) is 37.7 Å². The van der Waals surface area contributed by atoms with Crippen LogP contribution in [0.25, 0.3) is 0 Å². The molecule has 1 aliphatic heterocycles. The quantitative estimate of drug-likeness (QED) is 0.529. The highest BCUT2D eigenvalue weighted by molar-refractivity contribution is 6.39. The Kier molecular flexibility index (Phi) is 7.15. The van der Waals surface area contributed by atoms with E-state index in [1.165, 1.54) is 6.20 Å². The Bertz CT molecular complexity index is 1020. The zero-order valence-electron chi connectivity index (χ0n) is 17.6. The number of hydrogen-bond acceptors (Lipinski definition) is 7. The van der Waals surface area contributed by atoms with Gasteiger partial charge in [-0.15, -0.1) is 0 Å². The van der Waals surface area contributed by atoms with E-state index in [-0.39, 0.29) is 12.6 Å². The zero-order chi connectivity index (χ0) is 22.2. The molecule has 0 aromatic carbocycles. The van der Waals surface area contributed by atoms with Gasteiger partial charge in [0.15, 0.2) is 0 Å². The Morgan fingerprint density at radius 2 is 1.81 bits per heavy atom. The summed E-state index contributed by atoms with van der Waals surface area (Å²) in [6.45, 7) is 3.57. The number of aromatic nitrogens is 4. The first-order chi connectivity index (χ1) is 15.7. The number of pyridine rings is 2. The van der Waals surface area contributed by atoms with Crippen LogP contribution >= 0.6 is 0 Å². The summed E-state index contributed by atoms with van der Waals surface area (Å²) < 4.78 is 7.10. The van der Waals surface area contributed by atoms with Crippen molar-refractivity contribution in [1.29, 1.82) is 0 Å². The first-order valence-electron chi connectivity index (χ1n) is 10.4. The molecule has 166 valence electrons. The lowest BCUT2D eigenvalue weighted by atomic mass is 10.1. The highest BCUT2D eigenvalue weighted by atomic mass is 16.5. The fourth-order valence-electron chi connectivity index (χ4n) is 3.57. The van der Waals surface area contributed by atoms with Gasteiger partial charge in [0.1, 0.15) is 0 Å². The van der Waals surface area contributed by atoms with Crippen molar-refractivity contribution in [3.63, 3.8) is 0 Å². The fraction of sp³-hybridized carbons (Fsp3) is 0.318. The molecule has 3 aromatic heterocycles. The number of carbonyl (C=O) groups is 2. The SMILES string of the molecule is O=C(NCC(c1cccnc1)N1CCOCC1)C(=O)Nc1cnn(Cc2cccnc2)c1. The largest absolute Gasteiger partial charge is 0.379 e. The lowest BCUT2D eigenvalue weighted by Crippen LogP contribution is -2.45. The maximum atomic E-state index is 12.4. The van der Waals surface area contributed by atoms with Crippen LogP contribution in [0.5, 0.6) is 0 Å². The van der Waals surface area contributed by atoms with Gasteiger partial charge in [0.25, 0.3) is 0 Å². The highest BCUT2D eigenvalue weighted by Crippen LogP contribution is 2.20. The van der Waals surface area contributed by atoms with Crippen molar-refractivity contribution in [1.82, 2.24) is 30.0 Å². The normalized spacial score (nSPS) is 15.1. The third-order valence-corrected chi connectivity index (χ3v) is 5.18. The summed E-state index contributed by atoms with van der Waals surface area (Å²) >= 11 is 0. The molecule has 0 radical (unpaired) electrons. The summed E-state index contributed by atoms with van der Waals surface area (Å²) in [7, 11) is 0. The van der Waals surface area contributed by atoms with Gasteiger partial charge in [0, 0.05) is 50.6 Å². The van der Waals surface area contributed by atoms with E-state index in [0.717, 1.165) is 24.2 Å². The van der Waals surface area contributed by atoms with Crippen LogP contribution in [0.1, 0.15) is 17.2 Å². The molecule has 0 saturated carbocycles. The molecule has 0 spiro atoms. The van der Waals surface area contributed by atoms with Crippen molar-refractivity contribution in [3.8, 4) is 0 Å². The second-order valence-corrected chi connectivity index (χ2v) is 7.40.